The molecule has 0 aliphatic carbocycles. The molecule has 0 radical (unpaired) electrons. The minimum absolute atomic E-state index is 0.0513. The van der Waals surface area contributed by atoms with Crippen LogP contribution in [0.3, 0.4) is 0 Å². The van der Waals surface area contributed by atoms with Crippen molar-refractivity contribution in [1.82, 2.24) is 10.2 Å². The monoisotopic (exact) mass is 388 g/mol. The van der Waals surface area contributed by atoms with Crippen LogP contribution in [-0.4, -0.2) is 41.0 Å². The predicted octanol–water partition coefficient (Wildman–Crippen LogP) is 3.06. The van der Waals surface area contributed by atoms with Crippen molar-refractivity contribution < 1.29 is 19.4 Å². The highest BCUT2D eigenvalue weighted by atomic mass is 32.1. The molecule has 144 valence electrons. The number of phenols is 1. The normalized spacial score (nSPS) is 14.7. The first-order valence-electron chi connectivity index (χ1n) is 8.94. The summed E-state index contributed by atoms with van der Waals surface area (Å²) in [5.41, 5.74) is 1.70. The molecule has 0 unspecified atom stereocenters. The number of benzene rings is 1. The third kappa shape index (κ3) is 4.60. The van der Waals surface area contributed by atoms with E-state index < -0.39 is 0 Å². The summed E-state index contributed by atoms with van der Waals surface area (Å²) in [6.45, 7) is 6.41. The van der Waals surface area contributed by atoms with E-state index in [0.29, 0.717) is 25.4 Å². The molecule has 27 heavy (non-hydrogen) atoms. The number of fused-ring (bicyclic) bond motifs is 1. The highest BCUT2D eigenvalue weighted by molar-refractivity contribution is 7.15. The smallest absolute Gasteiger partial charge is 0.225 e. The van der Waals surface area contributed by atoms with E-state index >= 15 is 0 Å². The molecule has 2 amide bonds. The number of carbonyl (C=O) groups is 2. The second-order valence-corrected chi connectivity index (χ2v) is 8.15. The molecule has 0 spiro atoms. The molecule has 3 rings (SSSR count). The molecular formula is C20H24N2O4S. The van der Waals surface area contributed by atoms with Crippen molar-refractivity contribution in [3.05, 3.63) is 34.7 Å². The van der Waals surface area contributed by atoms with Crippen LogP contribution in [0.1, 0.15) is 30.7 Å². The Morgan fingerprint density at radius 2 is 2.15 bits per heavy atom. The molecule has 1 aliphatic rings. The van der Waals surface area contributed by atoms with Crippen LogP contribution in [0.4, 0.5) is 0 Å². The van der Waals surface area contributed by atoms with Crippen LogP contribution in [0.25, 0.3) is 10.4 Å². The van der Waals surface area contributed by atoms with E-state index in [9.17, 15) is 14.7 Å². The average molecular weight is 388 g/mol. The molecule has 2 heterocycles. The molecule has 0 saturated heterocycles. The van der Waals surface area contributed by atoms with Gasteiger partial charge < -0.3 is 20.1 Å². The molecule has 1 aliphatic heterocycles. The Bertz CT molecular complexity index is 862. The summed E-state index contributed by atoms with van der Waals surface area (Å²) < 4.78 is 5.72. The van der Waals surface area contributed by atoms with Gasteiger partial charge in [-0.2, -0.15) is 0 Å². The first-order chi connectivity index (χ1) is 12.8. The number of phenolic OH excluding ortho intramolecular Hbond substituents is 1. The van der Waals surface area contributed by atoms with Crippen molar-refractivity contribution in [3.63, 3.8) is 0 Å². The summed E-state index contributed by atoms with van der Waals surface area (Å²) >= 11 is 1.65. The van der Waals surface area contributed by atoms with Crippen molar-refractivity contribution in [3.8, 4) is 21.9 Å². The number of amides is 2. The van der Waals surface area contributed by atoms with Gasteiger partial charge in [-0.05, 0) is 43.7 Å². The maximum Gasteiger partial charge on any atom is 0.225 e. The number of ether oxygens (including phenoxy) is 1. The lowest BCUT2D eigenvalue weighted by molar-refractivity contribution is -0.132. The SMILES string of the molecule is CC(=O)N[C@H](C)CC(=O)N1CCOc2c(O)cc(-c3ccc(C)s3)cc2C1. The number of thiophene rings is 1. The van der Waals surface area contributed by atoms with Crippen molar-refractivity contribution in [2.45, 2.75) is 39.8 Å². The predicted molar refractivity (Wildman–Crippen MR) is 105 cm³/mol. The van der Waals surface area contributed by atoms with Crippen molar-refractivity contribution in [2.24, 2.45) is 0 Å². The maximum absolute atomic E-state index is 12.7. The van der Waals surface area contributed by atoms with Gasteiger partial charge in [0.25, 0.3) is 0 Å². The number of carbonyl (C=O) groups excluding carboxylic acids is 2. The Balaban J connectivity index is 1.82. The van der Waals surface area contributed by atoms with Gasteiger partial charge in [0.2, 0.25) is 11.8 Å². The van der Waals surface area contributed by atoms with E-state index in [0.717, 1.165) is 16.0 Å². The summed E-state index contributed by atoms with van der Waals surface area (Å²) in [6, 6.07) is 7.52. The Labute approximate surface area is 162 Å². The number of aromatic hydroxyl groups is 1. The lowest BCUT2D eigenvalue weighted by atomic mass is 10.1. The van der Waals surface area contributed by atoms with Gasteiger partial charge in [0, 0.05) is 41.2 Å². The quantitative estimate of drug-likeness (QED) is 0.844. The third-order valence-corrected chi connectivity index (χ3v) is 5.47. The van der Waals surface area contributed by atoms with Crippen molar-refractivity contribution >= 4 is 23.2 Å². The summed E-state index contributed by atoms with van der Waals surface area (Å²) in [5.74, 6) is 0.330. The molecule has 2 N–H and O–H groups in total. The molecule has 1 aromatic carbocycles. The minimum Gasteiger partial charge on any atom is -0.504 e. The van der Waals surface area contributed by atoms with Crippen LogP contribution in [0.15, 0.2) is 24.3 Å². The maximum atomic E-state index is 12.7. The number of rotatable bonds is 4. The van der Waals surface area contributed by atoms with Gasteiger partial charge in [-0.1, -0.05) is 0 Å². The Morgan fingerprint density at radius 1 is 1.37 bits per heavy atom. The van der Waals surface area contributed by atoms with Gasteiger partial charge in [0.1, 0.15) is 6.61 Å². The molecule has 7 heteroatoms. The minimum atomic E-state index is -0.229. The molecule has 1 aromatic heterocycles. The number of hydrogen-bond acceptors (Lipinski definition) is 5. The van der Waals surface area contributed by atoms with Crippen LogP contribution in [0.2, 0.25) is 0 Å². The van der Waals surface area contributed by atoms with Crippen molar-refractivity contribution in [2.75, 3.05) is 13.2 Å². The number of aryl methyl sites for hydroxylation is 1. The van der Waals surface area contributed by atoms with Crippen LogP contribution < -0.4 is 10.1 Å². The molecule has 0 bridgehead atoms. The second-order valence-electron chi connectivity index (χ2n) is 6.86. The summed E-state index contributed by atoms with van der Waals surface area (Å²) in [5, 5.41) is 13.2. The Morgan fingerprint density at radius 3 is 2.81 bits per heavy atom. The average Bonchev–Trinajstić information content (AvgIpc) is 2.88. The van der Waals surface area contributed by atoms with Gasteiger partial charge in [-0.15, -0.1) is 11.3 Å². The van der Waals surface area contributed by atoms with Crippen molar-refractivity contribution in [1.29, 1.82) is 0 Å². The zero-order valence-corrected chi connectivity index (χ0v) is 16.6. The molecule has 0 saturated carbocycles. The Kier molecular flexibility index (Phi) is 5.70. The lowest BCUT2D eigenvalue weighted by Gasteiger charge is -2.22. The third-order valence-electron chi connectivity index (χ3n) is 4.42. The fourth-order valence-corrected chi connectivity index (χ4v) is 4.09. The number of nitrogens with zero attached hydrogens (tertiary/aromatic N) is 1. The fraction of sp³-hybridized carbons (Fsp3) is 0.400. The standard InChI is InChI=1S/C20H24N2O4S/c1-12(21-14(3)23)8-19(25)22-6-7-26-20-16(11-22)9-15(10-17(20)24)18-5-4-13(2)27-18/h4-5,9-10,12,24H,6-8,11H2,1-3H3,(H,21,23)/t12-/m1/s1. The summed E-state index contributed by atoms with van der Waals surface area (Å²) in [7, 11) is 0. The first-order valence-corrected chi connectivity index (χ1v) is 9.75. The van der Waals surface area contributed by atoms with Gasteiger partial charge in [0.15, 0.2) is 11.5 Å². The summed E-state index contributed by atoms with van der Waals surface area (Å²) in [6.07, 6.45) is 0.227. The largest absolute Gasteiger partial charge is 0.504 e. The van der Waals surface area contributed by atoms with Crippen LogP contribution >= 0.6 is 11.3 Å². The lowest BCUT2D eigenvalue weighted by Crippen LogP contribution is -2.39. The molecule has 2 aromatic rings. The topological polar surface area (TPSA) is 78.9 Å². The molecular weight excluding hydrogens is 364 g/mol. The molecule has 1 atom stereocenters. The van der Waals surface area contributed by atoms with E-state index in [-0.39, 0.29) is 30.0 Å². The molecule has 0 fully saturated rings. The van der Waals surface area contributed by atoms with Gasteiger partial charge >= 0.3 is 0 Å². The Hall–Kier alpha value is -2.54. The van der Waals surface area contributed by atoms with Gasteiger partial charge in [-0.25, -0.2) is 0 Å². The fourth-order valence-electron chi connectivity index (χ4n) is 3.23. The number of nitrogens with one attached hydrogen (secondary N) is 1. The van der Waals surface area contributed by atoms with Gasteiger partial charge in [0.05, 0.1) is 6.54 Å². The van der Waals surface area contributed by atoms with E-state index in [1.54, 1.807) is 22.3 Å². The zero-order valence-electron chi connectivity index (χ0n) is 15.7. The van der Waals surface area contributed by atoms with Crippen LogP contribution in [0.5, 0.6) is 11.5 Å². The van der Waals surface area contributed by atoms with E-state index in [1.807, 2.05) is 32.0 Å². The highest BCUT2D eigenvalue weighted by Gasteiger charge is 2.24. The zero-order chi connectivity index (χ0) is 19.6. The first kappa shape index (κ1) is 19.2. The van der Waals surface area contributed by atoms with E-state index in [2.05, 4.69) is 5.32 Å². The second kappa shape index (κ2) is 8.00. The van der Waals surface area contributed by atoms with E-state index in [1.165, 1.54) is 11.8 Å². The molecule has 6 nitrogen and oxygen atoms in total. The van der Waals surface area contributed by atoms with Gasteiger partial charge in [-0.3, -0.25) is 9.59 Å². The number of hydrogen-bond donors (Lipinski definition) is 2. The van der Waals surface area contributed by atoms with Crippen LogP contribution in [-0.2, 0) is 16.1 Å². The highest BCUT2D eigenvalue weighted by Crippen LogP contribution is 2.39. The van der Waals surface area contributed by atoms with Crippen LogP contribution in [0, 0.1) is 6.92 Å². The van der Waals surface area contributed by atoms with E-state index in [4.69, 9.17) is 4.74 Å². The summed E-state index contributed by atoms with van der Waals surface area (Å²) in [4.78, 5) is 27.8.